The number of guanidine groups is 1. The van der Waals surface area contributed by atoms with Crippen molar-refractivity contribution in [1.82, 2.24) is 15.5 Å². The lowest BCUT2D eigenvalue weighted by Gasteiger charge is -2.27. The van der Waals surface area contributed by atoms with Gasteiger partial charge in [0.15, 0.2) is 5.96 Å². The zero-order valence-electron chi connectivity index (χ0n) is 15.0. The van der Waals surface area contributed by atoms with Gasteiger partial charge in [-0.2, -0.15) is 0 Å². The fourth-order valence-electron chi connectivity index (χ4n) is 3.27. The lowest BCUT2D eigenvalue weighted by atomic mass is 10.1. The van der Waals surface area contributed by atoms with E-state index in [1.807, 2.05) is 13.1 Å². The van der Waals surface area contributed by atoms with Gasteiger partial charge in [-0.3, -0.25) is 9.89 Å². The highest BCUT2D eigenvalue weighted by Gasteiger charge is 2.24. The van der Waals surface area contributed by atoms with Crippen LogP contribution in [0.5, 0.6) is 0 Å². The summed E-state index contributed by atoms with van der Waals surface area (Å²) in [7, 11) is 1.84. The second kappa shape index (κ2) is 8.92. The number of nitrogens with zero attached hydrogens (tertiary/aromatic N) is 2. The van der Waals surface area contributed by atoms with E-state index in [9.17, 15) is 0 Å². The summed E-state index contributed by atoms with van der Waals surface area (Å²) in [5, 5.41) is 7.00. The fourth-order valence-corrected chi connectivity index (χ4v) is 3.27. The normalized spacial score (nSPS) is 20.7. The first kappa shape index (κ1) is 17.8. The highest BCUT2D eigenvalue weighted by atomic mass is 15.2. The molecule has 1 aromatic carbocycles. The van der Waals surface area contributed by atoms with E-state index in [1.54, 1.807) is 0 Å². The summed E-state index contributed by atoms with van der Waals surface area (Å²) in [5.41, 5.74) is 1.28. The van der Waals surface area contributed by atoms with E-state index < -0.39 is 0 Å². The lowest BCUT2D eigenvalue weighted by Crippen LogP contribution is -2.46. The van der Waals surface area contributed by atoms with E-state index in [-0.39, 0.29) is 6.04 Å². The van der Waals surface area contributed by atoms with Gasteiger partial charge in [0.05, 0.1) is 6.04 Å². The Hall–Kier alpha value is -1.55. The molecule has 23 heavy (non-hydrogen) atoms. The molecule has 1 saturated heterocycles. The van der Waals surface area contributed by atoms with Crippen molar-refractivity contribution in [1.29, 1.82) is 0 Å². The van der Waals surface area contributed by atoms with Crippen LogP contribution in [-0.2, 0) is 0 Å². The molecule has 0 amide bonds. The first-order valence-electron chi connectivity index (χ1n) is 8.86. The van der Waals surface area contributed by atoms with Crippen LogP contribution in [0.3, 0.4) is 0 Å². The average Bonchev–Trinajstić information content (AvgIpc) is 2.98. The lowest BCUT2D eigenvalue weighted by molar-refractivity contribution is 0.226. The Balaban J connectivity index is 1.83. The predicted octanol–water partition coefficient (Wildman–Crippen LogP) is 3.03. The highest BCUT2D eigenvalue weighted by Crippen LogP contribution is 2.18. The molecule has 0 radical (unpaired) electrons. The summed E-state index contributed by atoms with van der Waals surface area (Å²) >= 11 is 0. The minimum absolute atomic E-state index is 0.248. The minimum Gasteiger partial charge on any atom is -0.355 e. The topological polar surface area (TPSA) is 39.7 Å². The van der Waals surface area contributed by atoms with Gasteiger partial charge >= 0.3 is 0 Å². The number of likely N-dealkylation sites (tertiary alicyclic amines) is 1. The van der Waals surface area contributed by atoms with Crippen molar-refractivity contribution in [2.75, 3.05) is 26.7 Å². The van der Waals surface area contributed by atoms with Crippen molar-refractivity contribution in [3.63, 3.8) is 0 Å². The van der Waals surface area contributed by atoms with E-state index >= 15 is 0 Å². The summed E-state index contributed by atoms with van der Waals surface area (Å²) in [6.07, 6.45) is 2.59. The van der Waals surface area contributed by atoms with E-state index in [0.29, 0.717) is 6.04 Å². The van der Waals surface area contributed by atoms with Gasteiger partial charge in [-0.15, -0.1) is 0 Å². The molecule has 1 aliphatic heterocycles. The molecule has 1 aliphatic rings. The maximum Gasteiger partial charge on any atom is 0.191 e. The summed E-state index contributed by atoms with van der Waals surface area (Å²) in [6.45, 7) is 10.2. The van der Waals surface area contributed by atoms with E-state index in [2.05, 4.69) is 65.6 Å². The van der Waals surface area contributed by atoms with Crippen LogP contribution in [0.4, 0.5) is 0 Å². The SMILES string of the molecule is CN=C(NC[C@H]1CCCN1CC(C)C)NC(C)c1ccccc1. The van der Waals surface area contributed by atoms with Gasteiger partial charge in [-0.1, -0.05) is 44.2 Å². The zero-order valence-corrected chi connectivity index (χ0v) is 15.0. The number of nitrogens with one attached hydrogen (secondary N) is 2. The Labute approximate surface area is 141 Å². The molecular formula is C19H32N4. The summed E-state index contributed by atoms with van der Waals surface area (Å²) in [5.74, 6) is 1.61. The first-order valence-corrected chi connectivity index (χ1v) is 8.86. The Morgan fingerprint density at radius 1 is 1.26 bits per heavy atom. The molecule has 1 fully saturated rings. The third-order valence-electron chi connectivity index (χ3n) is 4.48. The van der Waals surface area contributed by atoms with Gasteiger partial charge < -0.3 is 10.6 Å². The predicted molar refractivity (Wildman–Crippen MR) is 98.8 cm³/mol. The van der Waals surface area contributed by atoms with Crippen LogP contribution in [-0.4, -0.2) is 43.6 Å². The average molecular weight is 316 g/mol. The maximum absolute atomic E-state index is 4.38. The third-order valence-corrected chi connectivity index (χ3v) is 4.48. The van der Waals surface area contributed by atoms with E-state index in [0.717, 1.165) is 18.4 Å². The van der Waals surface area contributed by atoms with Gasteiger partial charge in [0.2, 0.25) is 0 Å². The van der Waals surface area contributed by atoms with Crippen LogP contribution in [0.2, 0.25) is 0 Å². The zero-order chi connectivity index (χ0) is 16.7. The molecule has 1 aromatic rings. The molecule has 4 heteroatoms. The monoisotopic (exact) mass is 316 g/mol. The molecule has 1 unspecified atom stereocenters. The molecule has 0 aliphatic carbocycles. The molecule has 128 valence electrons. The van der Waals surface area contributed by atoms with Gasteiger partial charge in [0.25, 0.3) is 0 Å². The summed E-state index contributed by atoms with van der Waals surface area (Å²) in [4.78, 5) is 6.99. The van der Waals surface area contributed by atoms with Gasteiger partial charge in [0.1, 0.15) is 0 Å². The Morgan fingerprint density at radius 2 is 2.00 bits per heavy atom. The molecule has 0 saturated carbocycles. The Bertz CT molecular complexity index is 483. The number of benzene rings is 1. The van der Waals surface area contributed by atoms with Crippen molar-refractivity contribution in [2.24, 2.45) is 10.9 Å². The summed E-state index contributed by atoms with van der Waals surface area (Å²) < 4.78 is 0. The number of rotatable bonds is 6. The Kier molecular flexibility index (Phi) is 6.90. The van der Waals surface area contributed by atoms with E-state index in [1.165, 1.54) is 31.5 Å². The molecule has 4 nitrogen and oxygen atoms in total. The molecule has 0 bridgehead atoms. The number of hydrogen-bond donors (Lipinski definition) is 2. The molecule has 2 N–H and O–H groups in total. The molecular weight excluding hydrogens is 284 g/mol. The van der Waals surface area contributed by atoms with Crippen molar-refractivity contribution in [2.45, 2.75) is 45.7 Å². The van der Waals surface area contributed by atoms with Crippen LogP contribution in [0.25, 0.3) is 0 Å². The second-order valence-corrected chi connectivity index (χ2v) is 6.91. The van der Waals surface area contributed by atoms with Crippen molar-refractivity contribution >= 4 is 5.96 Å². The molecule has 0 aromatic heterocycles. The van der Waals surface area contributed by atoms with Crippen LogP contribution < -0.4 is 10.6 Å². The van der Waals surface area contributed by atoms with Gasteiger partial charge in [-0.05, 0) is 37.8 Å². The first-order chi connectivity index (χ1) is 11.1. The van der Waals surface area contributed by atoms with Crippen LogP contribution in [0.15, 0.2) is 35.3 Å². The highest BCUT2D eigenvalue weighted by molar-refractivity contribution is 5.80. The largest absolute Gasteiger partial charge is 0.355 e. The fraction of sp³-hybridized carbons (Fsp3) is 0.632. The minimum atomic E-state index is 0.248. The van der Waals surface area contributed by atoms with Crippen LogP contribution in [0.1, 0.15) is 45.2 Å². The van der Waals surface area contributed by atoms with Crippen molar-refractivity contribution in [3.8, 4) is 0 Å². The van der Waals surface area contributed by atoms with Gasteiger partial charge in [-0.25, -0.2) is 0 Å². The van der Waals surface area contributed by atoms with Crippen molar-refractivity contribution in [3.05, 3.63) is 35.9 Å². The Morgan fingerprint density at radius 3 is 2.65 bits per heavy atom. The second-order valence-electron chi connectivity index (χ2n) is 6.91. The smallest absolute Gasteiger partial charge is 0.191 e. The molecule has 2 atom stereocenters. The summed E-state index contributed by atoms with van der Waals surface area (Å²) in [6, 6.07) is 11.4. The van der Waals surface area contributed by atoms with Crippen LogP contribution >= 0.6 is 0 Å². The molecule has 0 spiro atoms. The third kappa shape index (κ3) is 5.54. The van der Waals surface area contributed by atoms with Gasteiger partial charge in [0, 0.05) is 26.2 Å². The van der Waals surface area contributed by atoms with Crippen LogP contribution in [0, 0.1) is 5.92 Å². The number of aliphatic imine (C=N–C) groups is 1. The van der Waals surface area contributed by atoms with E-state index in [4.69, 9.17) is 0 Å². The number of hydrogen-bond acceptors (Lipinski definition) is 2. The van der Waals surface area contributed by atoms with Crippen molar-refractivity contribution < 1.29 is 0 Å². The molecule has 2 rings (SSSR count). The quantitative estimate of drug-likeness (QED) is 0.626. The standard InChI is InChI=1S/C19H32N4/c1-15(2)14-23-12-8-11-18(23)13-21-19(20-4)22-16(3)17-9-6-5-7-10-17/h5-7,9-10,15-16,18H,8,11-14H2,1-4H3,(H2,20,21,22)/t16?,18-/m1/s1. The maximum atomic E-state index is 4.38. The molecule has 1 heterocycles.